The molecule has 0 atom stereocenters. The topological polar surface area (TPSA) is 76.1 Å². The fraction of sp³-hybridized carbons (Fsp3) is 0.385. The molecule has 1 aromatic carbocycles. The van der Waals surface area contributed by atoms with E-state index >= 15 is 0 Å². The van der Waals surface area contributed by atoms with Crippen molar-refractivity contribution in [3.63, 3.8) is 0 Å². The van der Waals surface area contributed by atoms with E-state index in [4.69, 9.17) is 11.0 Å². The van der Waals surface area contributed by atoms with Gasteiger partial charge in [0.15, 0.2) is 0 Å². The maximum Gasteiger partial charge on any atom is 0.387 e. The van der Waals surface area contributed by atoms with E-state index in [2.05, 4.69) is 4.74 Å². The summed E-state index contributed by atoms with van der Waals surface area (Å²) in [4.78, 5) is 11.2. The molecule has 0 saturated heterocycles. The van der Waals surface area contributed by atoms with Gasteiger partial charge in [-0.3, -0.25) is 4.79 Å². The summed E-state index contributed by atoms with van der Waals surface area (Å²) in [5.41, 5.74) is 5.13. The largest absolute Gasteiger partial charge is 0.433 e. The first kappa shape index (κ1) is 14.9. The van der Waals surface area contributed by atoms with E-state index < -0.39 is 17.9 Å². The van der Waals surface area contributed by atoms with Gasteiger partial charge in [-0.25, -0.2) is 0 Å². The molecule has 0 bridgehead atoms. The molecule has 0 aliphatic carbocycles. The lowest BCUT2D eigenvalue weighted by molar-refractivity contribution is -0.125. The first-order chi connectivity index (χ1) is 8.76. The van der Waals surface area contributed by atoms with Crippen LogP contribution >= 0.6 is 0 Å². The number of primary amides is 1. The average Bonchev–Trinajstić information content (AvgIpc) is 2.29. The number of halogens is 2. The van der Waals surface area contributed by atoms with E-state index in [0.29, 0.717) is 12.0 Å². The van der Waals surface area contributed by atoms with Crippen molar-refractivity contribution < 1.29 is 18.3 Å². The monoisotopic (exact) mass is 268 g/mol. The summed E-state index contributed by atoms with van der Waals surface area (Å²) in [5, 5.41) is 8.90. The number of ether oxygens (including phenoxy) is 1. The lowest BCUT2D eigenvalue weighted by atomic mass is 9.85. The molecule has 2 N–H and O–H groups in total. The quantitative estimate of drug-likeness (QED) is 0.889. The molecule has 4 nitrogen and oxygen atoms in total. The van der Waals surface area contributed by atoms with Crippen LogP contribution in [0.1, 0.15) is 25.0 Å². The Morgan fingerprint density at radius 1 is 1.53 bits per heavy atom. The lowest BCUT2D eigenvalue weighted by Gasteiger charge is -2.20. The summed E-state index contributed by atoms with van der Waals surface area (Å²) in [6.07, 6.45) is 0.311. The Morgan fingerprint density at radius 3 is 2.63 bits per heavy atom. The van der Waals surface area contributed by atoms with Crippen LogP contribution in [0.4, 0.5) is 8.78 Å². The highest BCUT2D eigenvalue weighted by molar-refractivity contribution is 5.80. The van der Waals surface area contributed by atoms with Gasteiger partial charge in [-0.05, 0) is 24.1 Å². The fourth-order valence-electron chi connectivity index (χ4n) is 1.57. The zero-order valence-electron chi connectivity index (χ0n) is 10.6. The smallest absolute Gasteiger partial charge is 0.387 e. The molecular formula is C13H14F2N2O2. The summed E-state index contributed by atoms with van der Waals surface area (Å²) < 4.78 is 28.5. The predicted octanol–water partition coefficient (Wildman–Crippen LogP) is 2.21. The number of benzene rings is 1. The van der Waals surface area contributed by atoms with E-state index in [1.165, 1.54) is 18.2 Å². The number of hydrogen-bond donors (Lipinski definition) is 1. The second-order valence-electron chi connectivity index (χ2n) is 4.75. The third-order valence-electron chi connectivity index (χ3n) is 2.69. The molecule has 0 saturated carbocycles. The van der Waals surface area contributed by atoms with Crippen molar-refractivity contribution in [2.45, 2.75) is 26.9 Å². The third-order valence-corrected chi connectivity index (χ3v) is 2.69. The third kappa shape index (κ3) is 3.91. The van der Waals surface area contributed by atoms with Crippen LogP contribution < -0.4 is 10.5 Å². The van der Waals surface area contributed by atoms with Gasteiger partial charge in [0.05, 0.1) is 5.56 Å². The van der Waals surface area contributed by atoms with E-state index in [1.807, 2.05) is 0 Å². The van der Waals surface area contributed by atoms with Crippen molar-refractivity contribution >= 4 is 5.91 Å². The lowest BCUT2D eigenvalue weighted by Crippen LogP contribution is -2.33. The first-order valence-corrected chi connectivity index (χ1v) is 5.54. The molecule has 0 aromatic heterocycles. The summed E-state index contributed by atoms with van der Waals surface area (Å²) in [7, 11) is 0. The molecule has 0 spiro atoms. The normalized spacial score (nSPS) is 11.2. The van der Waals surface area contributed by atoms with Gasteiger partial charge in [0.1, 0.15) is 11.8 Å². The van der Waals surface area contributed by atoms with E-state index in [-0.39, 0.29) is 11.3 Å². The Kier molecular flexibility index (Phi) is 4.43. The van der Waals surface area contributed by atoms with Crippen LogP contribution in [0.5, 0.6) is 5.75 Å². The molecule has 102 valence electrons. The number of nitriles is 1. The molecule has 0 fully saturated rings. The van der Waals surface area contributed by atoms with Gasteiger partial charge < -0.3 is 10.5 Å². The highest BCUT2D eigenvalue weighted by atomic mass is 19.3. The molecular weight excluding hydrogens is 254 g/mol. The number of nitrogens with zero attached hydrogens (tertiary/aromatic N) is 1. The number of alkyl halides is 2. The number of carbonyl (C=O) groups is 1. The van der Waals surface area contributed by atoms with Crippen LogP contribution in [0.25, 0.3) is 0 Å². The number of amides is 1. The summed E-state index contributed by atoms with van der Waals surface area (Å²) >= 11 is 0. The van der Waals surface area contributed by atoms with Crippen LogP contribution in [0.3, 0.4) is 0 Å². The summed E-state index contributed by atoms with van der Waals surface area (Å²) in [5.74, 6) is -0.656. The van der Waals surface area contributed by atoms with Gasteiger partial charge in [-0.1, -0.05) is 19.9 Å². The van der Waals surface area contributed by atoms with E-state index in [9.17, 15) is 13.6 Å². The number of carbonyl (C=O) groups excluding carboxylic acids is 1. The standard InChI is InChI=1S/C13H14F2N2O2/c1-13(2,11(17)18)6-8-3-4-10(19-12(14)15)9(5-8)7-16/h3-5,12H,6H2,1-2H3,(H2,17,18). The minimum atomic E-state index is -2.99. The molecule has 0 aliphatic heterocycles. The molecule has 1 aromatic rings. The van der Waals surface area contributed by atoms with Gasteiger partial charge in [-0.15, -0.1) is 0 Å². The highest BCUT2D eigenvalue weighted by Crippen LogP contribution is 2.26. The van der Waals surface area contributed by atoms with Crippen molar-refractivity contribution in [2.24, 2.45) is 11.1 Å². The van der Waals surface area contributed by atoms with Gasteiger partial charge in [0.2, 0.25) is 5.91 Å². The molecule has 1 rings (SSSR count). The van der Waals surface area contributed by atoms with Crippen molar-refractivity contribution in [1.29, 1.82) is 5.26 Å². The van der Waals surface area contributed by atoms with Crippen LogP contribution in [-0.4, -0.2) is 12.5 Å². The Balaban J connectivity index is 3.01. The van der Waals surface area contributed by atoms with Gasteiger partial charge in [0.25, 0.3) is 0 Å². The van der Waals surface area contributed by atoms with Gasteiger partial charge >= 0.3 is 6.61 Å². The van der Waals surface area contributed by atoms with Gasteiger partial charge in [0, 0.05) is 5.41 Å². The zero-order valence-corrected chi connectivity index (χ0v) is 10.6. The van der Waals surface area contributed by atoms with Gasteiger partial charge in [-0.2, -0.15) is 14.0 Å². The van der Waals surface area contributed by atoms with Crippen molar-refractivity contribution in [1.82, 2.24) is 0 Å². The first-order valence-electron chi connectivity index (χ1n) is 5.54. The van der Waals surface area contributed by atoms with E-state index in [0.717, 1.165) is 0 Å². The Bertz CT molecular complexity index is 522. The van der Waals surface area contributed by atoms with Crippen LogP contribution in [-0.2, 0) is 11.2 Å². The minimum Gasteiger partial charge on any atom is -0.433 e. The summed E-state index contributed by atoms with van der Waals surface area (Å²) in [6.45, 7) is 0.357. The molecule has 19 heavy (non-hydrogen) atoms. The average molecular weight is 268 g/mol. The second-order valence-corrected chi connectivity index (χ2v) is 4.75. The van der Waals surface area contributed by atoms with Crippen LogP contribution in [0.15, 0.2) is 18.2 Å². The molecule has 0 aliphatic rings. The molecule has 0 radical (unpaired) electrons. The SMILES string of the molecule is CC(C)(Cc1ccc(OC(F)F)c(C#N)c1)C(N)=O. The van der Waals surface area contributed by atoms with Crippen molar-refractivity contribution in [3.05, 3.63) is 29.3 Å². The number of nitrogens with two attached hydrogens (primary N) is 1. The van der Waals surface area contributed by atoms with Crippen LogP contribution in [0.2, 0.25) is 0 Å². The molecule has 0 unspecified atom stereocenters. The predicted molar refractivity (Wildman–Crippen MR) is 64.5 cm³/mol. The van der Waals surface area contributed by atoms with Crippen LogP contribution in [0, 0.1) is 16.7 Å². The Morgan fingerprint density at radius 2 is 2.16 bits per heavy atom. The molecule has 1 amide bonds. The zero-order chi connectivity index (χ0) is 14.6. The van der Waals surface area contributed by atoms with Crippen molar-refractivity contribution in [3.8, 4) is 11.8 Å². The maximum atomic E-state index is 12.1. The number of hydrogen-bond acceptors (Lipinski definition) is 3. The number of rotatable bonds is 5. The Labute approximate surface area is 109 Å². The van der Waals surface area contributed by atoms with Crippen molar-refractivity contribution in [2.75, 3.05) is 0 Å². The second kappa shape index (κ2) is 5.65. The molecule has 0 heterocycles. The fourth-order valence-corrected chi connectivity index (χ4v) is 1.57. The maximum absolute atomic E-state index is 12.1. The Hall–Kier alpha value is -2.16. The highest BCUT2D eigenvalue weighted by Gasteiger charge is 2.25. The summed E-state index contributed by atoms with van der Waals surface area (Å²) in [6, 6.07) is 6.02. The minimum absolute atomic E-state index is 0.00179. The molecule has 6 heteroatoms. The van der Waals surface area contributed by atoms with E-state index in [1.54, 1.807) is 19.9 Å².